The fourth-order valence-corrected chi connectivity index (χ4v) is 3.13. The molecule has 1 aliphatic heterocycles. The first-order valence-corrected chi connectivity index (χ1v) is 9.37. The number of carbonyl (C=O) groups excluding carboxylic acids is 2. The maximum absolute atomic E-state index is 13.6. The van der Waals surface area contributed by atoms with E-state index in [9.17, 15) is 14.0 Å². The highest BCUT2D eigenvalue weighted by atomic mass is 19.1. The number of nitrogens with two attached hydrogens (primary N) is 1. The first-order valence-electron chi connectivity index (χ1n) is 9.37. The van der Waals surface area contributed by atoms with E-state index in [1.165, 1.54) is 18.5 Å². The van der Waals surface area contributed by atoms with Gasteiger partial charge in [-0.1, -0.05) is 17.3 Å². The fourth-order valence-electron chi connectivity index (χ4n) is 3.13. The Morgan fingerprint density at radius 3 is 2.35 bits per heavy atom. The lowest BCUT2D eigenvalue weighted by molar-refractivity contribution is -0.128. The number of aromatic nitrogens is 3. The first-order chi connectivity index (χ1) is 14.7. The summed E-state index contributed by atoms with van der Waals surface area (Å²) in [6.07, 6.45) is 4.29. The molecule has 156 valence electrons. The SMILES string of the molecule is Cc1ccc(C2=NOC(C)(C)C2=O)cc1-c1cnc(-c2cnc(F)c(C(N)=O)c2)cn1. The van der Waals surface area contributed by atoms with Crippen LogP contribution in [0.4, 0.5) is 4.39 Å². The molecule has 9 heteroatoms. The molecule has 0 saturated carbocycles. The molecule has 0 unspecified atom stereocenters. The molecule has 2 aromatic heterocycles. The zero-order valence-corrected chi connectivity index (χ0v) is 17.0. The predicted octanol–water partition coefficient (Wildman–Crippen LogP) is 2.83. The number of ketones is 1. The highest BCUT2D eigenvalue weighted by Gasteiger charge is 2.40. The minimum Gasteiger partial charge on any atom is -0.381 e. The quantitative estimate of drug-likeness (QED) is 0.649. The predicted molar refractivity (Wildman–Crippen MR) is 111 cm³/mol. The number of benzene rings is 1. The Balaban J connectivity index is 1.68. The second kappa shape index (κ2) is 7.35. The Labute approximate surface area is 177 Å². The second-order valence-corrected chi connectivity index (χ2v) is 7.61. The van der Waals surface area contributed by atoms with Crippen LogP contribution in [0.3, 0.4) is 0 Å². The van der Waals surface area contributed by atoms with E-state index in [1.54, 1.807) is 26.1 Å². The fraction of sp³-hybridized carbons (Fsp3) is 0.182. The van der Waals surface area contributed by atoms with Gasteiger partial charge in [-0.2, -0.15) is 4.39 Å². The largest absolute Gasteiger partial charge is 0.381 e. The van der Waals surface area contributed by atoms with E-state index < -0.39 is 17.5 Å². The van der Waals surface area contributed by atoms with Gasteiger partial charge < -0.3 is 10.6 Å². The van der Waals surface area contributed by atoms with Gasteiger partial charge >= 0.3 is 0 Å². The molecule has 0 radical (unpaired) electrons. The topological polar surface area (TPSA) is 120 Å². The summed E-state index contributed by atoms with van der Waals surface area (Å²) < 4.78 is 13.6. The Bertz CT molecular complexity index is 1250. The van der Waals surface area contributed by atoms with Gasteiger partial charge in [0.2, 0.25) is 11.7 Å². The maximum atomic E-state index is 13.6. The number of hydrogen-bond donors (Lipinski definition) is 1. The van der Waals surface area contributed by atoms with E-state index in [1.807, 2.05) is 19.1 Å². The molecule has 1 amide bonds. The summed E-state index contributed by atoms with van der Waals surface area (Å²) >= 11 is 0. The molecule has 0 spiro atoms. The van der Waals surface area contributed by atoms with Crippen molar-refractivity contribution in [3.63, 3.8) is 0 Å². The van der Waals surface area contributed by atoms with Crippen LogP contribution >= 0.6 is 0 Å². The molecule has 0 saturated heterocycles. The van der Waals surface area contributed by atoms with Gasteiger partial charge in [0.25, 0.3) is 5.91 Å². The monoisotopic (exact) mass is 419 g/mol. The van der Waals surface area contributed by atoms with E-state index in [-0.39, 0.29) is 17.1 Å². The Morgan fingerprint density at radius 2 is 1.74 bits per heavy atom. The number of halogens is 1. The lowest BCUT2D eigenvalue weighted by Crippen LogP contribution is -2.33. The van der Waals surface area contributed by atoms with Crippen molar-refractivity contribution in [2.75, 3.05) is 0 Å². The molecular formula is C22H18FN5O3. The van der Waals surface area contributed by atoms with Crippen molar-refractivity contribution in [3.8, 4) is 22.5 Å². The van der Waals surface area contributed by atoms with Crippen molar-refractivity contribution in [1.29, 1.82) is 0 Å². The van der Waals surface area contributed by atoms with Crippen LogP contribution in [0.15, 0.2) is 48.0 Å². The van der Waals surface area contributed by atoms with E-state index in [4.69, 9.17) is 10.6 Å². The highest BCUT2D eigenvalue weighted by molar-refractivity contribution is 6.49. The third-order valence-electron chi connectivity index (χ3n) is 4.97. The average molecular weight is 419 g/mol. The summed E-state index contributed by atoms with van der Waals surface area (Å²) in [5.74, 6) is -2.05. The van der Waals surface area contributed by atoms with Crippen molar-refractivity contribution in [2.45, 2.75) is 26.4 Å². The zero-order chi connectivity index (χ0) is 22.3. The molecule has 0 aliphatic carbocycles. The molecule has 1 aliphatic rings. The van der Waals surface area contributed by atoms with Crippen LogP contribution in [0.25, 0.3) is 22.5 Å². The van der Waals surface area contributed by atoms with Gasteiger partial charge in [0.05, 0.1) is 29.3 Å². The molecule has 1 aromatic carbocycles. The van der Waals surface area contributed by atoms with Gasteiger partial charge in [-0.25, -0.2) is 4.98 Å². The molecular weight excluding hydrogens is 401 g/mol. The van der Waals surface area contributed by atoms with Crippen molar-refractivity contribution in [2.24, 2.45) is 10.9 Å². The van der Waals surface area contributed by atoms with Gasteiger partial charge in [0, 0.05) is 22.9 Å². The minimum absolute atomic E-state index is 0.196. The van der Waals surface area contributed by atoms with E-state index in [0.29, 0.717) is 22.5 Å². The van der Waals surface area contributed by atoms with Crippen LogP contribution in [0.2, 0.25) is 0 Å². The second-order valence-electron chi connectivity index (χ2n) is 7.61. The Kier molecular flexibility index (Phi) is 4.81. The number of aryl methyl sites for hydroxylation is 1. The first kappa shape index (κ1) is 20.3. The summed E-state index contributed by atoms with van der Waals surface area (Å²) in [6, 6.07) is 6.76. The normalized spacial score (nSPS) is 14.8. The molecule has 0 fully saturated rings. The van der Waals surface area contributed by atoms with Gasteiger partial charge in [-0.3, -0.25) is 19.6 Å². The standard InChI is InChI=1S/C22H18FN5O3/c1-11-4-5-12(18-19(29)22(2,3)31-28-18)6-14(11)17-10-25-16(9-26-17)13-7-15(21(24)30)20(23)27-8-13/h4-10H,1-3H3,(H2,24,30). The summed E-state index contributed by atoms with van der Waals surface area (Å²) in [5, 5.41) is 3.94. The minimum atomic E-state index is -0.991. The number of pyridine rings is 1. The third kappa shape index (κ3) is 3.65. The van der Waals surface area contributed by atoms with Crippen molar-refractivity contribution in [3.05, 3.63) is 65.5 Å². The lowest BCUT2D eigenvalue weighted by atomic mass is 9.93. The Hall–Kier alpha value is -4.01. The van der Waals surface area contributed by atoms with Crippen molar-refractivity contribution < 1.29 is 18.8 Å². The number of primary amides is 1. The molecule has 3 aromatic rings. The molecule has 0 bridgehead atoms. The van der Waals surface area contributed by atoms with Gasteiger partial charge in [0.15, 0.2) is 11.3 Å². The number of hydrogen-bond acceptors (Lipinski definition) is 7. The Morgan fingerprint density at radius 1 is 1.03 bits per heavy atom. The maximum Gasteiger partial charge on any atom is 0.253 e. The number of nitrogens with zero attached hydrogens (tertiary/aromatic N) is 4. The third-order valence-corrected chi connectivity index (χ3v) is 4.97. The summed E-state index contributed by atoms with van der Waals surface area (Å²) in [4.78, 5) is 41.5. The molecule has 0 atom stereocenters. The number of oxime groups is 1. The van der Waals surface area contributed by atoms with Gasteiger partial charge in [-0.15, -0.1) is 0 Å². The lowest BCUT2D eigenvalue weighted by Gasteiger charge is -2.12. The number of rotatable bonds is 4. The number of carbonyl (C=O) groups is 2. The van der Waals surface area contributed by atoms with Crippen LogP contribution in [0.5, 0.6) is 0 Å². The van der Waals surface area contributed by atoms with Gasteiger partial charge in [-0.05, 0) is 38.5 Å². The van der Waals surface area contributed by atoms with Crippen molar-refractivity contribution >= 4 is 17.4 Å². The number of amides is 1. The summed E-state index contributed by atoms with van der Waals surface area (Å²) in [5.41, 5.74) is 7.81. The molecule has 31 heavy (non-hydrogen) atoms. The smallest absolute Gasteiger partial charge is 0.253 e. The van der Waals surface area contributed by atoms with Crippen LogP contribution in [-0.2, 0) is 9.63 Å². The molecule has 3 heterocycles. The average Bonchev–Trinajstić information content (AvgIpc) is 3.01. The van der Waals surface area contributed by atoms with Crippen LogP contribution in [-0.4, -0.2) is 38.0 Å². The highest BCUT2D eigenvalue weighted by Crippen LogP contribution is 2.28. The summed E-state index contributed by atoms with van der Waals surface area (Å²) in [6.45, 7) is 5.24. The van der Waals surface area contributed by atoms with E-state index in [2.05, 4.69) is 20.1 Å². The van der Waals surface area contributed by atoms with E-state index in [0.717, 1.165) is 11.1 Å². The molecule has 8 nitrogen and oxygen atoms in total. The van der Waals surface area contributed by atoms with Crippen LogP contribution in [0.1, 0.15) is 35.3 Å². The number of Topliss-reactive ketones (excluding diaryl/α,β-unsaturated/α-hetero) is 1. The zero-order valence-electron chi connectivity index (χ0n) is 17.0. The molecule has 2 N–H and O–H groups in total. The van der Waals surface area contributed by atoms with Crippen LogP contribution in [0, 0.1) is 12.9 Å². The summed E-state index contributed by atoms with van der Waals surface area (Å²) in [7, 11) is 0. The van der Waals surface area contributed by atoms with Gasteiger partial charge in [0.1, 0.15) is 0 Å². The molecule has 4 rings (SSSR count). The van der Waals surface area contributed by atoms with Crippen molar-refractivity contribution in [1.82, 2.24) is 15.0 Å². The van der Waals surface area contributed by atoms with Crippen LogP contribution < -0.4 is 5.73 Å². The van der Waals surface area contributed by atoms with E-state index >= 15 is 0 Å².